The smallest absolute Gasteiger partial charge is 0.266 e. The van der Waals surface area contributed by atoms with Crippen molar-refractivity contribution in [2.75, 3.05) is 9.96 Å². The van der Waals surface area contributed by atoms with Crippen LogP contribution < -0.4 is 14.7 Å². The summed E-state index contributed by atoms with van der Waals surface area (Å²) in [6.07, 6.45) is -0.895. The third-order valence-corrected chi connectivity index (χ3v) is 6.89. The Hall–Kier alpha value is -4.42. The Labute approximate surface area is 215 Å². The first-order valence-corrected chi connectivity index (χ1v) is 12.3. The molecule has 2 heterocycles. The highest BCUT2D eigenvalue weighted by Crippen LogP contribution is 2.47. The van der Waals surface area contributed by atoms with Crippen LogP contribution in [0.3, 0.4) is 0 Å². The Kier molecular flexibility index (Phi) is 5.94. The second-order valence-corrected chi connectivity index (χ2v) is 9.35. The number of fused-ring (bicyclic) bond motifs is 1. The van der Waals surface area contributed by atoms with E-state index >= 15 is 0 Å². The number of imide groups is 1. The maximum absolute atomic E-state index is 13.7. The van der Waals surface area contributed by atoms with Crippen molar-refractivity contribution in [2.45, 2.75) is 25.7 Å². The van der Waals surface area contributed by atoms with Gasteiger partial charge in [0, 0.05) is 0 Å². The van der Waals surface area contributed by atoms with Crippen LogP contribution in [0.15, 0.2) is 109 Å². The predicted octanol–water partition coefficient (Wildman–Crippen LogP) is 5.63. The standard InChI is InChI=1S/C31H26N2O4/c1-21-12-16-24(17-13-21)32-30(34)27-28(33(37-29(27)31(32)35)25-10-6-3-7-11-25)23-14-18-26(19-15-23)36-20-22-8-4-2-5-9-22/h2-19,27-29H,20H2,1H3/t27-,28+,29-/m1/s1. The van der Waals surface area contributed by atoms with Gasteiger partial charge in [0.1, 0.15) is 18.3 Å². The number of carbonyl (C=O) groups is 2. The molecular formula is C31H26N2O4. The van der Waals surface area contributed by atoms with Crippen molar-refractivity contribution in [1.82, 2.24) is 0 Å². The highest BCUT2D eigenvalue weighted by molar-refractivity contribution is 6.23. The summed E-state index contributed by atoms with van der Waals surface area (Å²) in [5, 5.41) is 1.71. The van der Waals surface area contributed by atoms with E-state index in [0.717, 1.165) is 28.1 Å². The molecule has 2 aliphatic heterocycles. The lowest BCUT2D eigenvalue weighted by atomic mass is 9.90. The van der Waals surface area contributed by atoms with Gasteiger partial charge in [-0.2, -0.15) is 0 Å². The molecule has 2 fully saturated rings. The molecule has 2 saturated heterocycles. The molecule has 0 saturated carbocycles. The van der Waals surface area contributed by atoms with Crippen LogP contribution in [0.25, 0.3) is 0 Å². The number of hydrogen-bond donors (Lipinski definition) is 0. The van der Waals surface area contributed by atoms with Crippen LogP contribution in [0.2, 0.25) is 0 Å². The molecule has 2 amide bonds. The average molecular weight is 491 g/mol. The largest absolute Gasteiger partial charge is 0.489 e. The molecular weight excluding hydrogens is 464 g/mol. The van der Waals surface area contributed by atoms with Crippen molar-refractivity contribution in [3.63, 3.8) is 0 Å². The van der Waals surface area contributed by atoms with E-state index in [9.17, 15) is 9.59 Å². The quantitative estimate of drug-likeness (QED) is 0.328. The first-order valence-electron chi connectivity index (χ1n) is 12.3. The fourth-order valence-electron chi connectivity index (χ4n) is 5.00. The van der Waals surface area contributed by atoms with Crippen molar-refractivity contribution < 1.29 is 19.2 Å². The molecule has 184 valence electrons. The van der Waals surface area contributed by atoms with E-state index in [1.807, 2.05) is 104 Å². The van der Waals surface area contributed by atoms with Gasteiger partial charge in [-0.05, 0) is 54.4 Å². The fourth-order valence-corrected chi connectivity index (χ4v) is 5.00. The number of para-hydroxylation sites is 1. The number of aryl methyl sites for hydroxylation is 1. The van der Waals surface area contributed by atoms with Gasteiger partial charge in [-0.1, -0.05) is 78.4 Å². The Morgan fingerprint density at radius 2 is 1.38 bits per heavy atom. The van der Waals surface area contributed by atoms with E-state index in [-0.39, 0.29) is 11.8 Å². The summed E-state index contributed by atoms with van der Waals surface area (Å²) in [6.45, 7) is 2.43. The summed E-state index contributed by atoms with van der Waals surface area (Å²) in [5.74, 6) is -0.550. The van der Waals surface area contributed by atoms with Gasteiger partial charge in [-0.3, -0.25) is 14.4 Å². The summed E-state index contributed by atoms with van der Waals surface area (Å²) in [5.41, 5.74) is 4.36. The maximum Gasteiger partial charge on any atom is 0.266 e. The van der Waals surface area contributed by atoms with Crippen LogP contribution in [-0.4, -0.2) is 17.9 Å². The predicted molar refractivity (Wildman–Crippen MR) is 141 cm³/mol. The normalized spacial score (nSPS) is 20.8. The molecule has 4 aromatic carbocycles. The number of hydroxylamine groups is 1. The summed E-state index contributed by atoms with van der Waals surface area (Å²) in [7, 11) is 0. The van der Waals surface area contributed by atoms with E-state index in [1.54, 1.807) is 17.2 Å². The van der Waals surface area contributed by atoms with Crippen molar-refractivity contribution >= 4 is 23.2 Å². The Balaban J connectivity index is 1.31. The molecule has 0 unspecified atom stereocenters. The van der Waals surface area contributed by atoms with Crippen LogP contribution in [0.5, 0.6) is 5.75 Å². The van der Waals surface area contributed by atoms with Crippen molar-refractivity contribution in [2.24, 2.45) is 5.92 Å². The zero-order valence-corrected chi connectivity index (χ0v) is 20.4. The lowest BCUT2D eigenvalue weighted by molar-refractivity contribution is -0.126. The number of carbonyl (C=O) groups excluding carboxylic acids is 2. The van der Waals surface area contributed by atoms with Gasteiger partial charge in [-0.15, -0.1) is 0 Å². The second kappa shape index (κ2) is 9.56. The van der Waals surface area contributed by atoms with Gasteiger partial charge in [0.25, 0.3) is 5.91 Å². The molecule has 2 aliphatic rings. The number of ether oxygens (including phenoxy) is 1. The molecule has 0 aromatic heterocycles. The Bertz CT molecular complexity index is 1410. The fraction of sp³-hybridized carbons (Fsp3) is 0.161. The van der Waals surface area contributed by atoms with E-state index in [1.165, 1.54) is 4.90 Å². The molecule has 0 N–H and O–H groups in total. The summed E-state index contributed by atoms with van der Waals surface area (Å²) >= 11 is 0. The van der Waals surface area contributed by atoms with Gasteiger partial charge in [0.05, 0.1) is 17.4 Å². The molecule has 6 nitrogen and oxygen atoms in total. The number of hydrogen-bond acceptors (Lipinski definition) is 5. The highest BCUT2D eigenvalue weighted by atomic mass is 16.7. The molecule has 3 atom stereocenters. The van der Waals surface area contributed by atoms with Gasteiger partial charge < -0.3 is 4.74 Å². The van der Waals surface area contributed by atoms with Crippen LogP contribution in [0.4, 0.5) is 11.4 Å². The molecule has 0 radical (unpaired) electrons. The third-order valence-electron chi connectivity index (χ3n) is 6.89. The zero-order chi connectivity index (χ0) is 25.4. The summed E-state index contributed by atoms with van der Waals surface area (Å²) < 4.78 is 5.96. The number of rotatable bonds is 6. The third kappa shape index (κ3) is 4.26. The monoisotopic (exact) mass is 490 g/mol. The number of nitrogens with zero attached hydrogens (tertiary/aromatic N) is 2. The molecule has 0 spiro atoms. The molecule has 6 heteroatoms. The van der Waals surface area contributed by atoms with Crippen LogP contribution in [0, 0.1) is 12.8 Å². The van der Waals surface area contributed by atoms with E-state index in [4.69, 9.17) is 9.57 Å². The van der Waals surface area contributed by atoms with Gasteiger partial charge in [0.15, 0.2) is 6.10 Å². The number of anilines is 2. The number of amides is 2. The topological polar surface area (TPSA) is 59.1 Å². The first kappa shape index (κ1) is 23.0. The van der Waals surface area contributed by atoms with Gasteiger partial charge >= 0.3 is 0 Å². The van der Waals surface area contributed by atoms with Crippen LogP contribution in [0.1, 0.15) is 22.7 Å². The molecule has 4 aromatic rings. The van der Waals surface area contributed by atoms with Crippen molar-refractivity contribution in [1.29, 1.82) is 0 Å². The minimum absolute atomic E-state index is 0.258. The van der Waals surface area contributed by atoms with Crippen molar-refractivity contribution in [3.8, 4) is 5.75 Å². The lowest BCUT2D eigenvalue weighted by Gasteiger charge is -2.29. The minimum Gasteiger partial charge on any atom is -0.489 e. The Morgan fingerprint density at radius 1 is 0.730 bits per heavy atom. The first-order chi connectivity index (χ1) is 18.1. The second-order valence-electron chi connectivity index (χ2n) is 9.35. The lowest BCUT2D eigenvalue weighted by Crippen LogP contribution is -2.37. The minimum atomic E-state index is -0.895. The number of benzene rings is 4. The average Bonchev–Trinajstić information content (AvgIpc) is 3.45. The molecule has 0 aliphatic carbocycles. The molecule has 37 heavy (non-hydrogen) atoms. The summed E-state index contributed by atoms with van der Waals surface area (Å²) in [6, 6.07) is 34.1. The van der Waals surface area contributed by atoms with E-state index in [2.05, 4.69) is 0 Å². The SMILES string of the molecule is Cc1ccc(N2C(=O)[C@H]3[C@@H](ON(c4ccccc4)[C@H]3c3ccc(OCc4ccccc4)cc3)C2=O)cc1. The van der Waals surface area contributed by atoms with Gasteiger partial charge in [-0.25, -0.2) is 9.96 Å². The molecule has 0 bridgehead atoms. The Morgan fingerprint density at radius 3 is 2.05 bits per heavy atom. The van der Waals surface area contributed by atoms with Crippen LogP contribution >= 0.6 is 0 Å². The maximum atomic E-state index is 13.7. The van der Waals surface area contributed by atoms with Crippen LogP contribution in [-0.2, 0) is 21.0 Å². The zero-order valence-electron chi connectivity index (χ0n) is 20.4. The van der Waals surface area contributed by atoms with E-state index < -0.39 is 18.1 Å². The van der Waals surface area contributed by atoms with E-state index in [0.29, 0.717) is 12.3 Å². The summed E-state index contributed by atoms with van der Waals surface area (Å²) in [4.78, 5) is 34.7. The molecule has 6 rings (SSSR count). The van der Waals surface area contributed by atoms with Crippen molar-refractivity contribution in [3.05, 3.63) is 126 Å². The highest BCUT2D eigenvalue weighted by Gasteiger charge is 2.60. The van der Waals surface area contributed by atoms with Gasteiger partial charge in [0.2, 0.25) is 5.91 Å².